The summed E-state index contributed by atoms with van der Waals surface area (Å²) < 4.78 is 0. The van der Waals surface area contributed by atoms with Crippen molar-refractivity contribution in [3.05, 3.63) is 0 Å². The summed E-state index contributed by atoms with van der Waals surface area (Å²) in [7, 11) is -0.832. The van der Waals surface area contributed by atoms with Crippen molar-refractivity contribution in [3.8, 4) is 0 Å². The van der Waals surface area contributed by atoms with Crippen molar-refractivity contribution < 1.29 is 18.9 Å². The molecule has 0 amide bonds. The quantitative estimate of drug-likeness (QED) is 0.660. The summed E-state index contributed by atoms with van der Waals surface area (Å²) in [5.41, 5.74) is 3.74. The minimum Gasteiger partial charge on any atom is -0.424 e. The van der Waals surface area contributed by atoms with E-state index in [1.165, 1.54) is 8.55 Å². The SMILES string of the molecule is CC(C)[Si](C)([Si-][Si](C)(C(C)C)C(C)C)C(C)C.[Li+]. The van der Waals surface area contributed by atoms with Gasteiger partial charge in [-0.05, 0) is 0 Å². The minimum atomic E-state index is -1.08. The second-order valence-electron chi connectivity index (χ2n) is 7.31. The van der Waals surface area contributed by atoms with Crippen LogP contribution in [0.5, 0.6) is 0 Å². The van der Waals surface area contributed by atoms with Crippen LogP contribution in [-0.4, -0.2) is 23.7 Å². The molecule has 0 aliphatic heterocycles. The third-order valence-corrected chi connectivity index (χ3v) is 35.9. The van der Waals surface area contributed by atoms with E-state index < -0.39 is 15.2 Å². The van der Waals surface area contributed by atoms with E-state index in [-0.39, 0.29) is 18.9 Å². The molecular formula is C14H34LiSi3. The van der Waals surface area contributed by atoms with E-state index in [9.17, 15) is 0 Å². The zero-order valence-electron chi connectivity index (χ0n) is 14.8. The van der Waals surface area contributed by atoms with E-state index in [2.05, 4.69) is 68.5 Å². The summed E-state index contributed by atoms with van der Waals surface area (Å²) in [4.78, 5) is 0. The van der Waals surface area contributed by atoms with Gasteiger partial charge >= 0.3 is 18.9 Å². The first-order chi connectivity index (χ1) is 7.48. The first-order valence-electron chi connectivity index (χ1n) is 7.27. The van der Waals surface area contributed by atoms with Gasteiger partial charge in [0.15, 0.2) is 0 Å². The second kappa shape index (κ2) is 7.88. The molecule has 103 valence electrons. The largest absolute Gasteiger partial charge is 1.00 e. The summed E-state index contributed by atoms with van der Waals surface area (Å²) >= 11 is 0. The van der Waals surface area contributed by atoms with Gasteiger partial charge in [-0.1, -0.05) is 90.6 Å². The topological polar surface area (TPSA) is 0 Å². The molecule has 0 rings (SSSR count). The van der Waals surface area contributed by atoms with Crippen molar-refractivity contribution in [2.75, 3.05) is 0 Å². The molecule has 0 aliphatic carbocycles. The molecule has 0 heterocycles. The molecule has 0 aromatic carbocycles. The first kappa shape index (κ1) is 21.5. The molecule has 0 saturated carbocycles. The standard InChI is InChI=1S/C14H34Si3.Li/c1-11(2)16(9,12(3)4)15-17(10,13(5)6)14(7)8;/h11-14H,1-10H3;/q-1;+1. The Hall–Kier alpha value is 1.25. The van der Waals surface area contributed by atoms with Crippen LogP contribution in [0.15, 0.2) is 0 Å². The maximum absolute atomic E-state index is 2.68. The maximum atomic E-state index is 2.68. The Morgan fingerprint density at radius 3 is 0.833 bits per heavy atom. The predicted molar refractivity (Wildman–Crippen MR) is 89.4 cm³/mol. The van der Waals surface area contributed by atoms with Crippen molar-refractivity contribution >= 4 is 23.7 Å². The smallest absolute Gasteiger partial charge is 0.424 e. The van der Waals surface area contributed by atoms with Crippen LogP contribution in [0.4, 0.5) is 0 Å². The molecule has 0 unspecified atom stereocenters. The monoisotopic (exact) mass is 293 g/mol. The molecular weight excluding hydrogens is 259 g/mol. The fourth-order valence-corrected chi connectivity index (χ4v) is 35.3. The summed E-state index contributed by atoms with van der Waals surface area (Å²) in [6.45, 7) is 25.2. The molecule has 0 nitrogen and oxygen atoms in total. The van der Waals surface area contributed by atoms with E-state index in [4.69, 9.17) is 0 Å². The molecule has 0 saturated heterocycles. The fourth-order valence-electron chi connectivity index (χ4n) is 2.49. The second-order valence-corrected chi connectivity index (χ2v) is 26.8. The van der Waals surface area contributed by atoms with Crippen LogP contribution >= 0.6 is 0 Å². The Bertz CT molecular complexity index is 197. The minimum absolute atomic E-state index is 0. The van der Waals surface area contributed by atoms with Crippen molar-refractivity contribution in [3.63, 3.8) is 0 Å². The van der Waals surface area contributed by atoms with Gasteiger partial charge in [0, 0.05) is 0 Å². The van der Waals surface area contributed by atoms with Crippen molar-refractivity contribution in [2.24, 2.45) is 0 Å². The summed E-state index contributed by atoms with van der Waals surface area (Å²) in [5, 5.41) is 0. The molecule has 0 aromatic heterocycles. The van der Waals surface area contributed by atoms with Gasteiger partial charge in [0.1, 0.15) is 0 Å². The van der Waals surface area contributed by atoms with E-state index in [0.29, 0.717) is 0 Å². The molecule has 0 aliphatic rings. The molecule has 18 heavy (non-hydrogen) atoms. The summed E-state index contributed by atoms with van der Waals surface area (Å²) in [5.74, 6) is 0. The van der Waals surface area contributed by atoms with Crippen LogP contribution in [-0.2, 0) is 0 Å². The van der Waals surface area contributed by atoms with Crippen LogP contribution in [0.3, 0.4) is 0 Å². The van der Waals surface area contributed by atoms with Crippen LogP contribution in [0.25, 0.3) is 0 Å². The molecule has 0 atom stereocenters. The number of hydrogen-bond donors (Lipinski definition) is 0. The summed E-state index contributed by atoms with van der Waals surface area (Å²) in [6.07, 6.45) is 0. The average Bonchev–Trinajstić information content (AvgIpc) is 2.15. The van der Waals surface area contributed by atoms with Gasteiger partial charge in [0.25, 0.3) is 0 Å². The Labute approximate surface area is 133 Å². The molecule has 0 N–H and O–H groups in total. The Balaban J connectivity index is 0. The van der Waals surface area contributed by atoms with Gasteiger partial charge in [-0.3, -0.25) is 0 Å². The molecule has 1 radical (unpaired) electrons. The van der Waals surface area contributed by atoms with Gasteiger partial charge < -0.3 is 8.55 Å². The molecule has 0 spiro atoms. The number of rotatable bonds is 6. The van der Waals surface area contributed by atoms with Crippen molar-refractivity contribution in [1.82, 2.24) is 0 Å². The number of hydrogen-bond acceptors (Lipinski definition) is 0. The van der Waals surface area contributed by atoms with Crippen molar-refractivity contribution in [2.45, 2.75) is 90.6 Å². The first-order valence-corrected chi connectivity index (χ1v) is 15.6. The third-order valence-electron chi connectivity index (χ3n) is 5.34. The Morgan fingerprint density at radius 2 is 0.722 bits per heavy atom. The molecule has 4 heteroatoms. The fraction of sp³-hybridized carbons (Fsp3) is 1.00. The van der Waals surface area contributed by atoms with E-state index in [1.807, 2.05) is 0 Å². The van der Waals surface area contributed by atoms with Gasteiger partial charge in [-0.25, -0.2) is 0 Å². The molecule has 0 fully saturated rings. The average molecular weight is 294 g/mol. The van der Waals surface area contributed by atoms with Crippen molar-refractivity contribution in [1.29, 1.82) is 0 Å². The van der Waals surface area contributed by atoms with Gasteiger partial charge in [0.05, 0.1) is 0 Å². The van der Waals surface area contributed by atoms with Gasteiger partial charge in [-0.15, -0.1) is 15.2 Å². The maximum Gasteiger partial charge on any atom is 1.00 e. The van der Waals surface area contributed by atoms with Gasteiger partial charge in [0.2, 0.25) is 0 Å². The van der Waals surface area contributed by atoms with Gasteiger partial charge in [-0.2, -0.15) is 0 Å². The van der Waals surface area contributed by atoms with E-state index in [1.54, 1.807) is 0 Å². The van der Waals surface area contributed by atoms with Crippen LogP contribution in [0.1, 0.15) is 55.4 Å². The zero-order chi connectivity index (χ0) is 14.0. The third kappa shape index (κ3) is 4.66. The summed E-state index contributed by atoms with van der Waals surface area (Å²) in [6, 6.07) is 0. The Kier molecular flexibility index (Phi) is 9.43. The van der Waals surface area contributed by atoms with E-state index >= 15 is 0 Å². The zero-order valence-corrected chi connectivity index (χ0v) is 17.8. The Morgan fingerprint density at radius 1 is 0.556 bits per heavy atom. The van der Waals surface area contributed by atoms with Crippen LogP contribution < -0.4 is 18.9 Å². The van der Waals surface area contributed by atoms with Crippen LogP contribution in [0.2, 0.25) is 35.3 Å². The molecule has 0 aromatic rings. The van der Waals surface area contributed by atoms with E-state index in [0.717, 1.165) is 22.2 Å². The van der Waals surface area contributed by atoms with Crippen LogP contribution in [0, 0.1) is 0 Å². The normalized spacial score (nSPS) is 13.7. The molecule has 0 bridgehead atoms. The predicted octanol–water partition coefficient (Wildman–Crippen LogP) is 2.49.